The molecule has 0 radical (unpaired) electrons. The Hall–Kier alpha value is -1.68. The maximum atomic E-state index is 11.0. The third-order valence-corrected chi connectivity index (χ3v) is 2.23. The standard InChI is InChI=1S/C13H17NO3/c1-2-17-13(16)6-7-14-9-11-4-3-5-12(8-11)10-15/h3-5,8,10,14H,2,6-7,9H2,1H3. The van der Waals surface area contributed by atoms with Crippen LogP contribution in [0.25, 0.3) is 0 Å². The minimum Gasteiger partial charge on any atom is -0.466 e. The third-order valence-electron chi connectivity index (χ3n) is 2.23. The van der Waals surface area contributed by atoms with E-state index in [0.29, 0.717) is 31.7 Å². The minimum absolute atomic E-state index is 0.193. The monoisotopic (exact) mass is 235 g/mol. The summed E-state index contributed by atoms with van der Waals surface area (Å²) >= 11 is 0. The van der Waals surface area contributed by atoms with Gasteiger partial charge in [0.25, 0.3) is 0 Å². The van der Waals surface area contributed by atoms with Gasteiger partial charge in [-0.2, -0.15) is 0 Å². The molecule has 0 aliphatic heterocycles. The molecule has 17 heavy (non-hydrogen) atoms. The van der Waals surface area contributed by atoms with E-state index in [9.17, 15) is 9.59 Å². The van der Waals surface area contributed by atoms with Crippen molar-refractivity contribution in [1.82, 2.24) is 5.32 Å². The van der Waals surface area contributed by atoms with Crippen molar-refractivity contribution in [2.75, 3.05) is 13.2 Å². The van der Waals surface area contributed by atoms with Gasteiger partial charge in [0.15, 0.2) is 0 Å². The van der Waals surface area contributed by atoms with E-state index < -0.39 is 0 Å². The molecule has 0 amide bonds. The van der Waals surface area contributed by atoms with Crippen LogP contribution in [-0.4, -0.2) is 25.4 Å². The molecule has 0 spiro atoms. The van der Waals surface area contributed by atoms with Crippen LogP contribution in [0.2, 0.25) is 0 Å². The fourth-order valence-corrected chi connectivity index (χ4v) is 1.43. The highest BCUT2D eigenvalue weighted by atomic mass is 16.5. The number of benzene rings is 1. The van der Waals surface area contributed by atoms with Crippen molar-refractivity contribution in [3.8, 4) is 0 Å². The molecule has 1 N–H and O–H groups in total. The first kappa shape index (κ1) is 13.4. The lowest BCUT2D eigenvalue weighted by molar-refractivity contribution is -0.142. The molecule has 0 saturated carbocycles. The van der Waals surface area contributed by atoms with E-state index in [4.69, 9.17) is 4.74 Å². The van der Waals surface area contributed by atoms with Crippen molar-refractivity contribution in [1.29, 1.82) is 0 Å². The molecule has 0 saturated heterocycles. The van der Waals surface area contributed by atoms with Gasteiger partial charge in [-0.3, -0.25) is 9.59 Å². The van der Waals surface area contributed by atoms with Gasteiger partial charge >= 0.3 is 5.97 Å². The molecule has 0 aromatic heterocycles. The number of hydrogen-bond acceptors (Lipinski definition) is 4. The molecule has 1 aromatic rings. The Morgan fingerprint density at radius 1 is 1.47 bits per heavy atom. The Kier molecular flexibility index (Phi) is 5.96. The van der Waals surface area contributed by atoms with Gasteiger partial charge in [-0.1, -0.05) is 18.2 Å². The number of esters is 1. The molecule has 0 bridgehead atoms. The SMILES string of the molecule is CCOC(=O)CCNCc1cccc(C=O)c1. The van der Waals surface area contributed by atoms with Gasteiger partial charge in [-0.05, 0) is 18.6 Å². The van der Waals surface area contributed by atoms with Crippen molar-refractivity contribution >= 4 is 12.3 Å². The van der Waals surface area contributed by atoms with Gasteiger partial charge in [0.1, 0.15) is 6.29 Å². The third kappa shape index (κ3) is 5.26. The number of aldehydes is 1. The minimum atomic E-state index is -0.193. The molecule has 4 nitrogen and oxygen atoms in total. The number of rotatable bonds is 7. The Labute approximate surface area is 101 Å². The number of carbonyl (C=O) groups excluding carboxylic acids is 2. The second-order valence-corrected chi connectivity index (χ2v) is 3.59. The summed E-state index contributed by atoms with van der Waals surface area (Å²) in [5.41, 5.74) is 1.69. The predicted molar refractivity (Wildman–Crippen MR) is 64.8 cm³/mol. The van der Waals surface area contributed by atoms with Crippen LogP contribution >= 0.6 is 0 Å². The summed E-state index contributed by atoms with van der Waals surface area (Å²) in [6.07, 6.45) is 1.18. The van der Waals surface area contributed by atoms with Crippen LogP contribution in [0.15, 0.2) is 24.3 Å². The van der Waals surface area contributed by atoms with Gasteiger partial charge < -0.3 is 10.1 Å². The van der Waals surface area contributed by atoms with Gasteiger partial charge in [0.05, 0.1) is 13.0 Å². The Balaban J connectivity index is 2.26. The number of nitrogens with one attached hydrogen (secondary N) is 1. The van der Waals surface area contributed by atoms with Gasteiger partial charge in [0, 0.05) is 18.7 Å². The number of hydrogen-bond donors (Lipinski definition) is 1. The summed E-state index contributed by atoms with van der Waals surface area (Å²) in [5.74, 6) is -0.193. The molecular weight excluding hydrogens is 218 g/mol. The molecule has 0 heterocycles. The first-order valence-electron chi connectivity index (χ1n) is 5.66. The van der Waals surface area contributed by atoms with Crippen molar-refractivity contribution in [2.45, 2.75) is 19.9 Å². The van der Waals surface area contributed by atoms with E-state index >= 15 is 0 Å². The molecule has 0 fully saturated rings. The summed E-state index contributed by atoms with van der Waals surface area (Å²) in [6, 6.07) is 7.36. The molecule has 92 valence electrons. The second-order valence-electron chi connectivity index (χ2n) is 3.59. The average Bonchev–Trinajstić information content (AvgIpc) is 2.35. The summed E-state index contributed by atoms with van der Waals surface area (Å²) in [7, 11) is 0. The fourth-order valence-electron chi connectivity index (χ4n) is 1.43. The quantitative estimate of drug-likeness (QED) is 0.442. The Bertz CT molecular complexity index is 377. The smallest absolute Gasteiger partial charge is 0.307 e. The van der Waals surface area contributed by atoms with Crippen LogP contribution in [0.5, 0.6) is 0 Å². The van der Waals surface area contributed by atoms with Crippen molar-refractivity contribution in [3.05, 3.63) is 35.4 Å². The maximum Gasteiger partial charge on any atom is 0.307 e. The van der Waals surface area contributed by atoms with Crippen LogP contribution < -0.4 is 5.32 Å². The topological polar surface area (TPSA) is 55.4 Å². The molecule has 0 aliphatic rings. The zero-order chi connectivity index (χ0) is 12.5. The van der Waals surface area contributed by atoms with Crippen LogP contribution in [-0.2, 0) is 16.1 Å². The predicted octanol–water partition coefficient (Wildman–Crippen LogP) is 1.54. The maximum absolute atomic E-state index is 11.0. The van der Waals surface area contributed by atoms with Gasteiger partial charge in [-0.15, -0.1) is 0 Å². The average molecular weight is 235 g/mol. The van der Waals surface area contributed by atoms with Crippen molar-refractivity contribution < 1.29 is 14.3 Å². The molecule has 1 aromatic carbocycles. The first-order valence-corrected chi connectivity index (χ1v) is 5.66. The van der Waals surface area contributed by atoms with E-state index in [1.54, 1.807) is 13.0 Å². The van der Waals surface area contributed by atoms with E-state index in [1.165, 1.54) is 0 Å². The van der Waals surface area contributed by atoms with Gasteiger partial charge in [-0.25, -0.2) is 0 Å². The van der Waals surface area contributed by atoms with E-state index in [2.05, 4.69) is 5.32 Å². The number of carbonyl (C=O) groups is 2. The Morgan fingerprint density at radius 2 is 2.29 bits per heavy atom. The van der Waals surface area contributed by atoms with Crippen LogP contribution in [0.3, 0.4) is 0 Å². The second kappa shape index (κ2) is 7.57. The zero-order valence-corrected chi connectivity index (χ0v) is 9.94. The Morgan fingerprint density at radius 3 is 3.00 bits per heavy atom. The highest BCUT2D eigenvalue weighted by Gasteiger charge is 2.00. The normalized spacial score (nSPS) is 9.94. The van der Waals surface area contributed by atoms with E-state index in [-0.39, 0.29) is 5.97 Å². The highest BCUT2D eigenvalue weighted by molar-refractivity contribution is 5.74. The lowest BCUT2D eigenvalue weighted by atomic mass is 10.1. The molecule has 0 atom stereocenters. The molecule has 4 heteroatoms. The van der Waals surface area contributed by atoms with Crippen LogP contribution in [0.4, 0.5) is 0 Å². The summed E-state index contributed by atoms with van der Waals surface area (Å²) in [6.45, 7) is 3.42. The van der Waals surface area contributed by atoms with Crippen LogP contribution in [0, 0.1) is 0 Å². The fraction of sp³-hybridized carbons (Fsp3) is 0.385. The molecule has 1 rings (SSSR count). The lowest BCUT2D eigenvalue weighted by Crippen LogP contribution is -2.19. The molecular formula is C13H17NO3. The highest BCUT2D eigenvalue weighted by Crippen LogP contribution is 2.02. The van der Waals surface area contributed by atoms with Crippen molar-refractivity contribution in [3.63, 3.8) is 0 Å². The summed E-state index contributed by atoms with van der Waals surface area (Å²) in [5, 5.41) is 3.13. The molecule has 0 aliphatic carbocycles. The largest absolute Gasteiger partial charge is 0.466 e. The zero-order valence-electron chi connectivity index (χ0n) is 9.94. The number of ether oxygens (including phenoxy) is 1. The van der Waals surface area contributed by atoms with E-state index in [0.717, 1.165) is 11.8 Å². The van der Waals surface area contributed by atoms with Gasteiger partial charge in [0.2, 0.25) is 0 Å². The van der Waals surface area contributed by atoms with Crippen molar-refractivity contribution in [2.24, 2.45) is 0 Å². The first-order chi connectivity index (χ1) is 8.26. The van der Waals surface area contributed by atoms with Crippen LogP contribution in [0.1, 0.15) is 29.3 Å². The lowest BCUT2D eigenvalue weighted by Gasteiger charge is -2.05. The molecule has 0 unspecified atom stereocenters. The summed E-state index contributed by atoms with van der Waals surface area (Å²) in [4.78, 5) is 21.6. The van der Waals surface area contributed by atoms with E-state index in [1.807, 2.05) is 18.2 Å². The summed E-state index contributed by atoms with van der Waals surface area (Å²) < 4.78 is 4.81.